The van der Waals surface area contributed by atoms with Gasteiger partial charge in [0.1, 0.15) is 0 Å². The second-order valence-electron chi connectivity index (χ2n) is 7.42. The molecule has 0 spiro atoms. The van der Waals surface area contributed by atoms with E-state index in [0.717, 1.165) is 58.2 Å². The van der Waals surface area contributed by atoms with E-state index in [1.54, 1.807) is 0 Å². The lowest BCUT2D eigenvalue weighted by Crippen LogP contribution is -2.46. The molecule has 2 rings (SSSR count). The number of unbranched alkanes of at least 4 members (excludes halogenated alkanes) is 2. The van der Waals surface area contributed by atoms with Crippen molar-refractivity contribution in [2.75, 3.05) is 19.8 Å². The Bertz CT molecular complexity index is 448. The lowest BCUT2D eigenvalue weighted by molar-refractivity contribution is -0.137. The van der Waals surface area contributed by atoms with Crippen molar-refractivity contribution in [3.05, 3.63) is 35.9 Å². The van der Waals surface area contributed by atoms with Gasteiger partial charge in [0.2, 0.25) is 0 Å². The quantitative estimate of drug-likeness (QED) is 0.593. The summed E-state index contributed by atoms with van der Waals surface area (Å²) in [5.74, 6) is 0.739. The van der Waals surface area contributed by atoms with E-state index < -0.39 is 0 Å². The van der Waals surface area contributed by atoms with Crippen molar-refractivity contribution in [1.82, 2.24) is 0 Å². The molecule has 0 saturated heterocycles. The molecule has 0 radical (unpaired) electrons. The minimum atomic E-state index is 0.0421. The van der Waals surface area contributed by atoms with Crippen molar-refractivity contribution in [2.45, 2.75) is 71.0 Å². The zero-order valence-electron chi connectivity index (χ0n) is 16.0. The number of hydrogen-bond acceptors (Lipinski definition) is 3. The maximum absolute atomic E-state index is 9.96. The third-order valence-corrected chi connectivity index (χ3v) is 5.27. The van der Waals surface area contributed by atoms with E-state index in [9.17, 15) is 5.11 Å². The van der Waals surface area contributed by atoms with E-state index in [4.69, 9.17) is 9.47 Å². The number of rotatable bonds is 11. The normalized spacial score (nSPS) is 26.7. The molecule has 142 valence electrons. The first kappa shape index (κ1) is 20.4. The Morgan fingerprint density at radius 2 is 1.64 bits per heavy atom. The van der Waals surface area contributed by atoms with Crippen LogP contribution in [0.2, 0.25) is 0 Å². The standard InChI is InChI=1S/C22H36O3/c1-3-5-12-24-21-16-19(14-18-10-8-7-9-11-18)15-20(17-23)22(21)25-13-6-4-2/h7-11,19-23H,3-6,12-17H2,1-2H3/t19?,20-,21-,22-/m1/s1. The van der Waals surface area contributed by atoms with Crippen molar-refractivity contribution in [2.24, 2.45) is 11.8 Å². The summed E-state index contributed by atoms with van der Waals surface area (Å²) < 4.78 is 12.4. The van der Waals surface area contributed by atoms with Crippen LogP contribution < -0.4 is 0 Å². The topological polar surface area (TPSA) is 38.7 Å². The molecule has 1 aliphatic carbocycles. The molecule has 25 heavy (non-hydrogen) atoms. The molecular formula is C22H36O3. The Labute approximate surface area is 153 Å². The molecule has 1 aromatic rings. The Balaban J connectivity index is 2.00. The van der Waals surface area contributed by atoms with Gasteiger partial charge in [-0.25, -0.2) is 0 Å². The van der Waals surface area contributed by atoms with E-state index in [0.29, 0.717) is 5.92 Å². The number of benzene rings is 1. The maximum Gasteiger partial charge on any atom is 0.0886 e. The molecule has 0 heterocycles. The van der Waals surface area contributed by atoms with Crippen molar-refractivity contribution in [1.29, 1.82) is 0 Å². The molecule has 1 fully saturated rings. The molecule has 1 aromatic carbocycles. The first-order chi connectivity index (χ1) is 12.3. The molecule has 3 nitrogen and oxygen atoms in total. The van der Waals surface area contributed by atoms with E-state index in [1.165, 1.54) is 5.56 Å². The van der Waals surface area contributed by atoms with Crippen LogP contribution in [0.4, 0.5) is 0 Å². The molecule has 0 bridgehead atoms. The van der Waals surface area contributed by atoms with Crippen molar-refractivity contribution in [3.8, 4) is 0 Å². The summed E-state index contributed by atoms with van der Waals surface area (Å²) in [4.78, 5) is 0. The predicted molar refractivity (Wildman–Crippen MR) is 103 cm³/mol. The molecule has 1 aliphatic rings. The monoisotopic (exact) mass is 348 g/mol. The summed E-state index contributed by atoms with van der Waals surface area (Å²) >= 11 is 0. The lowest BCUT2D eigenvalue weighted by Gasteiger charge is -2.41. The lowest BCUT2D eigenvalue weighted by atomic mass is 9.75. The Morgan fingerprint density at radius 1 is 0.960 bits per heavy atom. The van der Waals surface area contributed by atoms with Gasteiger partial charge < -0.3 is 14.6 Å². The summed E-state index contributed by atoms with van der Waals surface area (Å²) in [5.41, 5.74) is 1.38. The third kappa shape index (κ3) is 6.73. The van der Waals surface area contributed by atoms with Crippen molar-refractivity contribution < 1.29 is 14.6 Å². The fourth-order valence-corrected chi connectivity index (χ4v) is 3.87. The number of ether oxygens (including phenoxy) is 2. The molecule has 1 saturated carbocycles. The maximum atomic E-state index is 9.96. The minimum Gasteiger partial charge on any atom is -0.396 e. The molecule has 4 atom stereocenters. The third-order valence-electron chi connectivity index (χ3n) is 5.27. The van der Waals surface area contributed by atoms with Gasteiger partial charge >= 0.3 is 0 Å². The fraction of sp³-hybridized carbons (Fsp3) is 0.727. The van der Waals surface area contributed by atoms with E-state index >= 15 is 0 Å². The Kier molecular flexibility index (Phi) is 9.52. The summed E-state index contributed by atoms with van der Waals surface area (Å²) in [5, 5.41) is 9.96. The largest absolute Gasteiger partial charge is 0.396 e. The van der Waals surface area contributed by atoms with Crippen LogP contribution in [0, 0.1) is 11.8 Å². The van der Waals surface area contributed by atoms with Gasteiger partial charge in [-0.15, -0.1) is 0 Å². The fourth-order valence-electron chi connectivity index (χ4n) is 3.87. The van der Waals surface area contributed by atoms with E-state index in [1.807, 2.05) is 0 Å². The van der Waals surface area contributed by atoms with Gasteiger partial charge in [-0.05, 0) is 43.6 Å². The van der Waals surface area contributed by atoms with Gasteiger partial charge in [0.05, 0.1) is 12.2 Å². The SMILES string of the molecule is CCCCO[C@@H]1[C@@H](CO)CC(Cc2ccccc2)C[C@H]1OCCCC. The van der Waals surface area contributed by atoms with Crippen LogP contribution in [0.5, 0.6) is 0 Å². The highest BCUT2D eigenvalue weighted by molar-refractivity contribution is 5.15. The van der Waals surface area contributed by atoms with Crippen LogP contribution in [0.3, 0.4) is 0 Å². The summed E-state index contributed by atoms with van der Waals surface area (Å²) in [6.45, 7) is 6.13. The average Bonchev–Trinajstić information content (AvgIpc) is 2.64. The smallest absolute Gasteiger partial charge is 0.0886 e. The number of aliphatic hydroxyl groups is 1. The van der Waals surface area contributed by atoms with Crippen LogP contribution in [0.15, 0.2) is 30.3 Å². The van der Waals surface area contributed by atoms with Crippen LogP contribution in [0.25, 0.3) is 0 Å². The second kappa shape index (κ2) is 11.7. The van der Waals surface area contributed by atoms with Crippen molar-refractivity contribution >= 4 is 0 Å². The summed E-state index contributed by atoms with van der Waals surface area (Å²) in [6, 6.07) is 10.7. The minimum absolute atomic E-state index is 0.0421. The predicted octanol–water partition coefficient (Wildman–Crippen LogP) is 4.62. The van der Waals surface area contributed by atoms with Crippen LogP contribution in [-0.4, -0.2) is 37.1 Å². The molecule has 0 aliphatic heterocycles. The number of hydrogen-bond donors (Lipinski definition) is 1. The van der Waals surface area contributed by atoms with Crippen LogP contribution in [-0.2, 0) is 15.9 Å². The molecule has 0 amide bonds. The molecule has 3 heteroatoms. The highest BCUT2D eigenvalue weighted by atomic mass is 16.5. The number of aliphatic hydroxyl groups excluding tert-OH is 1. The van der Waals surface area contributed by atoms with E-state index in [-0.39, 0.29) is 24.7 Å². The van der Waals surface area contributed by atoms with Gasteiger partial charge in [0.25, 0.3) is 0 Å². The average molecular weight is 349 g/mol. The second-order valence-corrected chi connectivity index (χ2v) is 7.42. The van der Waals surface area contributed by atoms with Gasteiger partial charge in [0, 0.05) is 25.7 Å². The molecule has 0 aromatic heterocycles. The summed E-state index contributed by atoms with van der Waals surface area (Å²) in [7, 11) is 0. The highest BCUT2D eigenvalue weighted by Crippen LogP contribution is 2.35. The van der Waals surface area contributed by atoms with Gasteiger partial charge in [-0.3, -0.25) is 0 Å². The highest BCUT2D eigenvalue weighted by Gasteiger charge is 2.38. The van der Waals surface area contributed by atoms with Crippen LogP contribution >= 0.6 is 0 Å². The van der Waals surface area contributed by atoms with Crippen LogP contribution in [0.1, 0.15) is 57.9 Å². The Morgan fingerprint density at radius 3 is 2.28 bits per heavy atom. The van der Waals surface area contributed by atoms with Gasteiger partial charge in [-0.2, -0.15) is 0 Å². The van der Waals surface area contributed by atoms with Gasteiger partial charge in [-0.1, -0.05) is 57.0 Å². The summed E-state index contributed by atoms with van der Waals surface area (Å²) in [6.07, 6.45) is 7.71. The molecule has 1 N–H and O–H groups in total. The molecule has 1 unspecified atom stereocenters. The van der Waals surface area contributed by atoms with Gasteiger partial charge in [0.15, 0.2) is 0 Å². The van der Waals surface area contributed by atoms with Crippen molar-refractivity contribution in [3.63, 3.8) is 0 Å². The zero-order chi connectivity index (χ0) is 17.9. The first-order valence-corrected chi connectivity index (χ1v) is 10.2. The first-order valence-electron chi connectivity index (χ1n) is 10.2. The molecular weight excluding hydrogens is 312 g/mol. The van der Waals surface area contributed by atoms with E-state index in [2.05, 4.69) is 44.2 Å². The Hall–Kier alpha value is -0.900. The zero-order valence-corrected chi connectivity index (χ0v) is 16.0.